The predicted molar refractivity (Wildman–Crippen MR) is 83.2 cm³/mol. The molecule has 0 spiro atoms. The van der Waals surface area contributed by atoms with Gasteiger partial charge < -0.3 is 11.1 Å². The van der Waals surface area contributed by atoms with Crippen LogP contribution in [0.2, 0.25) is 0 Å². The number of anilines is 1. The van der Waals surface area contributed by atoms with E-state index in [2.05, 4.69) is 15.5 Å². The highest BCUT2D eigenvalue weighted by atomic mass is 16.1. The van der Waals surface area contributed by atoms with Gasteiger partial charge in [-0.2, -0.15) is 5.10 Å². The van der Waals surface area contributed by atoms with Crippen LogP contribution in [-0.4, -0.2) is 22.6 Å². The molecule has 0 radical (unpaired) electrons. The number of hydrogen-bond acceptors (Lipinski definition) is 3. The fourth-order valence-electron chi connectivity index (χ4n) is 2.26. The molecule has 21 heavy (non-hydrogen) atoms. The van der Waals surface area contributed by atoms with Crippen molar-refractivity contribution in [3.8, 4) is 0 Å². The fourth-order valence-corrected chi connectivity index (χ4v) is 2.26. The van der Waals surface area contributed by atoms with Crippen LogP contribution in [0.5, 0.6) is 0 Å². The van der Waals surface area contributed by atoms with Gasteiger partial charge in [0.15, 0.2) is 0 Å². The molecule has 3 rings (SSSR count). The first kappa shape index (κ1) is 13.3. The van der Waals surface area contributed by atoms with E-state index in [1.807, 2.05) is 42.5 Å². The number of carbonyl (C=O) groups is 1. The van der Waals surface area contributed by atoms with E-state index in [-0.39, 0.29) is 5.91 Å². The van der Waals surface area contributed by atoms with E-state index < -0.39 is 0 Å². The Labute approximate surface area is 122 Å². The van der Waals surface area contributed by atoms with Gasteiger partial charge in [0.1, 0.15) is 0 Å². The highest BCUT2D eigenvalue weighted by molar-refractivity contribution is 6.08. The Bertz CT molecular complexity index is 761. The molecule has 5 heteroatoms. The van der Waals surface area contributed by atoms with E-state index in [4.69, 9.17) is 5.73 Å². The molecule has 0 saturated carbocycles. The zero-order valence-electron chi connectivity index (χ0n) is 11.5. The molecule has 2 aromatic carbocycles. The molecule has 0 aliphatic carbocycles. The summed E-state index contributed by atoms with van der Waals surface area (Å²) >= 11 is 0. The van der Waals surface area contributed by atoms with Crippen molar-refractivity contribution in [2.75, 3.05) is 11.9 Å². The molecule has 0 aliphatic heterocycles. The Kier molecular flexibility index (Phi) is 3.66. The quantitative estimate of drug-likeness (QED) is 0.685. The van der Waals surface area contributed by atoms with Crippen molar-refractivity contribution < 1.29 is 4.79 Å². The molecule has 0 bridgehead atoms. The van der Waals surface area contributed by atoms with Crippen molar-refractivity contribution >= 4 is 22.5 Å². The lowest BCUT2D eigenvalue weighted by atomic mass is 10.1. The molecule has 1 amide bonds. The summed E-state index contributed by atoms with van der Waals surface area (Å²) in [5.74, 6) is -0.136. The van der Waals surface area contributed by atoms with Gasteiger partial charge >= 0.3 is 0 Å². The Morgan fingerprint density at radius 1 is 1.19 bits per heavy atom. The molecule has 0 fully saturated rings. The van der Waals surface area contributed by atoms with E-state index in [1.54, 1.807) is 6.20 Å². The smallest absolute Gasteiger partial charge is 0.255 e. The summed E-state index contributed by atoms with van der Waals surface area (Å²) in [6, 6.07) is 13.1. The topological polar surface area (TPSA) is 83.8 Å². The SMILES string of the molecule is NCCc1ccc(C(=O)Nc2cccc3[nH]ncc23)cc1. The summed E-state index contributed by atoms with van der Waals surface area (Å²) in [6.45, 7) is 0.605. The zero-order chi connectivity index (χ0) is 14.7. The van der Waals surface area contributed by atoms with Gasteiger partial charge in [-0.3, -0.25) is 9.89 Å². The molecule has 0 atom stereocenters. The minimum atomic E-state index is -0.136. The Morgan fingerprint density at radius 2 is 2.00 bits per heavy atom. The summed E-state index contributed by atoms with van der Waals surface area (Å²) in [6.07, 6.45) is 2.52. The van der Waals surface area contributed by atoms with Gasteiger partial charge in [0.25, 0.3) is 5.91 Å². The van der Waals surface area contributed by atoms with Crippen molar-refractivity contribution in [1.29, 1.82) is 0 Å². The largest absolute Gasteiger partial charge is 0.330 e. The van der Waals surface area contributed by atoms with E-state index >= 15 is 0 Å². The van der Waals surface area contributed by atoms with Crippen molar-refractivity contribution in [2.24, 2.45) is 5.73 Å². The van der Waals surface area contributed by atoms with Crippen LogP contribution in [0, 0.1) is 0 Å². The number of nitrogens with two attached hydrogens (primary N) is 1. The number of nitrogens with one attached hydrogen (secondary N) is 2. The first-order valence-electron chi connectivity index (χ1n) is 6.80. The number of rotatable bonds is 4. The van der Waals surface area contributed by atoms with Crippen LogP contribution in [0.25, 0.3) is 10.9 Å². The van der Waals surface area contributed by atoms with Crippen LogP contribution in [0.1, 0.15) is 15.9 Å². The third-order valence-electron chi connectivity index (χ3n) is 3.38. The molecular weight excluding hydrogens is 264 g/mol. The maximum atomic E-state index is 12.3. The van der Waals surface area contributed by atoms with Gasteiger partial charge in [-0.1, -0.05) is 18.2 Å². The third-order valence-corrected chi connectivity index (χ3v) is 3.38. The van der Waals surface area contributed by atoms with Crippen molar-refractivity contribution in [3.05, 3.63) is 59.8 Å². The fraction of sp³-hybridized carbons (Fsp3) is 0.125. The third kappa shape index (κ3) is 2.78. The van der Waals surface area contributed by atoms with E-state index in [0.29, 0.717) is 12.1 Å². The van der Waals surface area contributed by atoms with Gasteiger partial charge in [-0.15, -0.1) is 0 Å². The van der Waals surface area contributed by atoms with Gasteiger partial charge in [-0.25, -0.2) is 0 Å². The van der Waals surface area contributed by atoms with Crippen LogP contribution in [0.4, 0.5) is 5.69 Å². The maximum absolute atomic E-state index is 12.3. The lowest BCUT2D eigenvalue weighted by molar-refractivity contribution is 0.102. The monoisotopic (exact) mass is 280 g/mol. The molecule has 4 N–H and O–H groups in total. The molecule has 3 aromatic rings. The van der Waals surface area contributed by atoms with Gasteiger partial charge in [0.2, 0.25) is 0 Å². The van der Waals surface area contributed by atoms with Crippen LogP contribution in [0.3, 0.4) is 0 Å². The van der Waals surface area contributed by atoms with Crippen LogP contribution in [-0.2, 0) is 6.42 Å². The van der Waals surface area contributed by atoms with E-state index in [1.165, 1.54) is 0 Å². The molecule has 0 saturated heterocycles. The molecule has 0 aliphatic rings. The van der Waals surface area contributed by atoms with Crippen molar-refractivity contribution in [1.82, 2.24) is 10.2 Å². The highest BCUT2D eigenvalue weighted by Crippen LogP contribution is 2.21. The minimum absolute atomic E-state index is 0.136. The average Bonchev–Trinajstić information content (AvgIpc) is 2.98. The maximum Gasteiger partial charge on any atom is 0.255 e. The molecule has 106 valence electrons. The summed E-state index contributed by atoms with van der Waals surface area (Å²) in [5, 5.41) is 10.7. The van der Waals surface area contributed by atoms with E-state index in [0.717, 1.165) is 28.6 Å². The molecule has 1 aromatic heterocycles. The van der Waals surface area contributed by atoms with Gasteiger partial charge in [0.05, 0.1) is 17.4 Å². The number of nitrogens with zero attached hydrogens (tertiary/aromatic N) is 1. The Balaban J connectivity index is 1.81. The second-order valence-corrected chi connectivity index (χ2v) is 4.83. The summed E-state index contributed by atoms with van der Waals surface area (Å²) in [7, 11) is 0. The zero-order valence-corrected chi connectivity index (χ0v) is 11.5. The van der Waals surface area contributed by atoms with Gasteiger partial charge in [-0.05, 0) is 42.8 Å². The predicted octanol–water partition coefficient (Wildman–Crippen LogP) is 2.32. The second-order valence-electron chi connectivity index (χ2n) is 4.83. The van der Waals surface area contributed by atoms with Crippen LogP contribution < -0.4 is 11.1 Å². The Morgan fingerprint density at radius 3 is 2.76 bits per heavy atom. The lowest BCUT2D eigenvalue weighted by Gasteiger charge is -2.07. The number of carbonyl (C=O) groups excluding carboxylic acids is 1. The molecule has 1 heterocycles. The second kappa shape index (κ2) is 5.76. The molecule has 5 nitrogen and oxygen atoms in total. The van der Waals surface area contributed by atoms with Crippen LogP contribution >= 0.6 is 0 Å². The normalized spacial score (nSPS) is 10.7. The molecule has 0 unspecified atom stereocenters. The highest BCUT2D eigenvalue weighted by Gasteiger charge is 2.09. The summed E-state index contributed by atoms with van der Waals surface area (Å²) in [5.41, 5.74) is 8.91. The van der Waals surface area contributed by atoms with Crippen molar-refractivity contribution in [3.63, 3.8) is 0 Å². The number of aromatic amines is 1. The average molecular weight is 280 g/mol. The molecular formula is C16H16N4O. The Hall–Kier alpha value is -2.66. The first-order valence-corrected chi connectivity index (χ1v) is 6.80. The number of aromatic nitrogens is 2. The standard InChI is InChI=1S/C16H16N4O/c17-9-8-11-4-6-12(7-5-11)16(21)19-14-2-1-3-15-13(14)10-18-20-15/h1-7,10H,8-9,17H2,(H,18,20)(H,19,21). The van der Waals surface area contributed by atoms with Crippen LogP contribution in [0.15, 0.2) is 48.7 Å². The number of fused-ring (bicyclic) bond motifs is 1. The summed E-state index contributed by atoms with van der Waals surface area (Å²) < 4.78 is 0. The first-order chi connectivity index (χ1) is 10.3. The number of H-pyrrole nitrogens is 1. The lowest BCUT2D eigenvalue weighted by Crippen LogP contribution is -2.12. The number of amides is 1. The number of benzene rings is 2. The van der Waals surface area contributed by atoms with Gasteiger partial charge in [0, 0.05) is 10.9 Å². The minimum Gasteiger partial charge on any atom is -0.330 e. The summed E-state index contributed by atoms with van der Waals surface area (Å²) in [4.78, 5) is 12.3. The van der Waals surface area contributed by atoms with Crippen molar-refractivity contribution in [2.45, 2.75) is 6.42 Å². The number of hydrogen-bond donors (Lipinski definition) is 3. The van der Waals surface area contributed by atoms with E-state index in [9.17, 15) is 4.79 Å².